The summed E-state index contributed by atoms with van der Waals surface area (Å²) in [7, 11) is 0. The fourth-order valence-corrected chi connectivity index (χ4v) is 2.64. The Kier molecular flexibility index (Phi) is 5.76. The minimum Gasteiger partial charge on any atom is -0.452 e. The van der Waals surface area contributed by atoms with Gasteiger partial charge >= 0.3 is 5.97 Å². The maximum atomic E-state index is 11.8. The van der Waals surface area contributed by atoms with Crippen molar-refractivity contribution >= 4 is 46.4 Å². The van der Waals surface area contributed by atoms with E-state index < -0.39 is 5.97 Å². The topological polar surface area (TPSA) is 68.3 Å². The highest BCUT2D eigenvalue weighted by Gasteiger charge is 2.14. The maximum absolute atomic E-state index is 11.8. The third-order valence-electron chi connectivity index (χ3n) is 2.71. The molecule has 2 aromatic heterocycles. The van der Waals surface area contributed by atoms with Crippen LogP contribution in [-0.2, 0) is 9.53 Å². The highest BCUT2D eigenvalue weighted by molar-refractivity contribution is 7.10. The molecule has 0 fully saturated rings. The number of hydrogen-bond acceptors (Lipinski definition) is 5. The van der Waals surface area contributed by atoms with Crippen LogP contribution in [0.1, 0.15) is 28.2 Å². The highest BCUT2D eigenvalue weighted by atomic mass is 35.5. The Labute approximate surface area is 141 Å². The first-order valence-electron chi connectivity index (χ1n) is 6.28. The Hall–Kier alpha value is -1.63. The third kappa shape index (κ3) is 4.43. The van der Waals surface area contributed by atoms with E-state index in [1.807, 2.05) is 24.4 Å². The number of rotatable bonds is 5. The Balaban J connectivity index is 1.85. The monoisotopic (exact) mass is 358 g/mol. The second-order valence-electron chi connectivity index (χ2n) is 4.38. The van der Waals surface area contributed by atoms with Gasteiger partial charge in [0.15, 0.2) is 6.61 Å². The van der Waals surface area contributed by atoms with Gasteiger partial charge in [-0.15, -0.1) is 11.3 Å². The smallest absolute Gasteiger partial charge is 0.340 e. The number of carbonyl (C=O) groups is 2. The Morgan fingerprint density at radius 2 is 2.23 bits per heavy atom. The summed E-state index contributed by atoms with van der Waals surface area (Å²) in [4.78, 5) is 28.3. The number of nitrogens with zero attached hydrogens (tertiary/aromatic N) is 1. The van der Waals surface area contributed by atoms with Crippen molar-refractivity contribution in [2.24, 2.45) is 0 Å². The van der Waals surface area contributed by atoms with E-state index in [0.717, 1.165) is 4.88 Å². The number of thiophene rings is 1. The zero-order chi connectivity index (χ0) is 16.1. The molecule has 5 nitrogen and oxygen atoms in total. The molecule has 1 N–H and O–H groups in total. The molecule has 116 valence electrons. The van der Waals surface area contributed by atoms with E-state index in [9.17, 15) is 9.59 Å². The van der Waals surface area contributed by atoms with E-state index in [-0.39, 0.29) is 34.3 Å². The lowest BCUT2D eigenvalue weighted by molar-refractivity contribution is -0.124. The van der Waals surface area contributed by atoms with Gasteiger partial charge in [-0.25, -0.2) is 9.78 Å². The van der Waals surface area contributed by atoms with Crippen molar-refractivity contribution in [3.63, 3.8) is 0 Å². The molecule has 1 atom stereocenters. The number of halogens is 2. The molecule has 2 rings (SSSR count). The lowest BCUT2D eigenvalue weighted by Crippen LogP contribution is -2.30. The summed E-state index contributed by atoms with van der Waals surface area (Å²) >= 11 is 13.0. The van der Waals surface area contributed by atoms with Gasteiger partial charge in [0.05, 0.1) is 16.6 Å². The second kappa shape index (κ2) is 7.58. The molecule has 0 aliphatic rings. The second-order valence-corrected chi connectivity index (χ2v) is 6.12. The fourth-order valence-electron chi connectivity index (χ4n) is 1.64. The molecule has 0 aromatic carbocycles. The minimum atomic E-state index is -0.690. The Morgan fingerprint density at radius 3 is 2.86 bits per heavy atom. The summed E-state index contributed by atoms with van der Waals surface area (Å²) in [5.41, 5.74) is 0.133. The Morgan fingerprint density at radius 1 is 1.45 bits per heavy atom. The van der Waals surface area contributed by atoms with Crippen molar-refractivity contribution in [2.75, 3.05) is 6.61 Å². The lowest BCUT2D eigenvalue weighted by Gasteiger charge is -2.12. The molecule has 0 aliphatic heterocycles. The van der Waals surface area contributed by atoms with Gasteiger partial charge in [0.1, 0.15) is 5.15 Å². The molecule has 0 radical (unpaired) electrons. The largest absolute Gasteiger partial charge is 0.452 e. The van der Waals surface area contributed by atoms with Gasteiger partial charge in [-0.3, -0.25) is 4.79 Å². The average molecular weight is 359 g/mol. The van der Waals surface area contributed by atoms with Gasteiger partial charge in [0.2, 0.25) is 0 Å². The van der Waals surface area contributed by atoms with Gasteiger partial charge in [-0.05, 0) is 24.4 Å². The van der Waals surface area contributed by atoms with Gasteiger partial charge in [-0.1, -0.05) is 29.3 Å². The van der Waals surface area contributed by atoms with Crippen molar-refractivity contribution in [3.05, 3.63) is 50.4 Å². The highest BCUT2D eigenvalue weighted by Crippen LogP contribution is 2.20. The van der Waals surface area contributed by atoms with E-state index in [1.54, 1.807) is 0 Å². The number of carbonyl (C=O) groups excluding carboxylic acids is 2. The molecule has 1 amide bonds. The van der Waals surface area contributed by atoms with Crippen molar-refractivity contribution < 1.29 is 14.3 Å². The van der Waals surface area contributed by atoms with Crippen LogP contribution in [0.25, 0.3) is 0 Å². The van der Waals surface area contributed by atoms with Crippen molar-refractivity contribution in [1.29, 1.82) is 0 Å². The summed E-state index contributed by atoms with van der Waals surface area (Å²) in [5, 5.41) is 4.91. The van der Waals surface area contributed by atoms with Crippen LogP contribution in [0.15, 0.2) is 29.8 Å². The predicted octanol–water partition coefficient (Wildman–Crippen LogP) is 3.48. The molecule has 0 unspecified atom stereocenters. The minimum absolute atomic E-state index is 0.0979. The molecule has 8 heteroatoms. The number of hydrogen-bond donors (Lipinski definition) is 1. The van der Waals surface area contributed by atoms with Crippen LogP contribution in [0.2, 0.25) is 10.2 Å². The molecular weight excluding hydrogens is 347 g/mol. The van der Waals surface area contributed by atoms with Crippen LogP contribution in [0, 0.1) is 0 Å². The van der Waals surface area contributed by atoms with Gasteiger partial charge in [0, 0.05) is 11.1 Å². The molecule has 22 heavy (non-hydrogen) atoms. The zero-order valence-corrected chi connectivity index (χ0v) is 13.8. The first-order valence-corrected chi connectivity index (χ1v) is 7.92. The van der Waals surface area contributed by atoms with E-state index >= 15 is 0 Å². The van der Waals surface area contributed by atoms with Crippen molar-refractivity contribution in [2.45, 2.75) is 13.0 Å². The van der Waals surface area contributed by atoms with E-state index in [2.05, 4.69) is 10.3 Å². The molecule has 0 spiro atoms. The molecule has 0 aliphatic carbocycles. The molecule has 0 bridgehead atoms. The number of amides is 1. The number of ether oxygens (including phenoxy) is 1. The first kappa shape index (κ1) is 16.7. The summed E-state index contributed by atoms with van der Waals surface area (Å²) in [6.07, 6.45) is 1.24. The van der Waals surface area contributed by atoms with Gasteiger partial charge in [-0.2, -0.15) is 0 Å². The Bertz CT molecular complexity index is 677. The van der Waals surface area contributed by atoms with E-state index in [1.165, 1.54) is 23.6 Å². The maximum Gasteiger partial charge on any atom is 0.340 e. The number of esters is 1. The van der Waals surface area contributed by atoms with Crippen molar-refractivity contribution in [1.82, 2.24) is 10.3 Å². The van der Waals surface area contributed by atoms with Crippen molar-refractivity contribution in [3.8, 4) is 0 Å². The van der Waals surface area contributed by atoms with Crippen LogP contribution in [0.3, 0.4) is 0 Å². The summed E-state index contributed by atoms with van der Waals surface area (Å²) in [5.74, 6) is -1.08. The number of pyridine rings is 1. The molecular formula is C14H12Cl2N2O3S. The standard InChI is InChI=1S/C14H12Cl2N2O3S/c1-8(11-3-2-4-22-11)18-12(19)7-21-14(20)9-5-10(15)13(16)17-6-9/h2-6,8H,7H2,1H3,(H,18,19)/t8-/m1/s1. The molecule has 2 heterocycles. The quantitative estimate of drug-likeness (QED) is 0.656. The van der Waals surface area contributed by atoms with Crippen LogP contribution < -0.4 is 5.32 Å². The molecule has 0 saturated carbocycles. The molecule has 0 saturated heterocycles. The van der Waals surface area contributed by atoms with Gasteiger partial charge in [0.25, 0.3) is 5.91 Å². The normalized spacial score (nSPS) is 11.8. The predicted molar refractivity (Wildman–Crippen MR) is 85.4 cm³/mol. The SMILES string of the molecule is C[C@@H](NC(=O)COC(=O)c1cnc(Cl)c(Cl)c1)c1cccs1. The van der Waals surface area contributed by atoms with Crippen LogP contribution in [0.5, 0.6) is 0 Å². The summed E-state index contributed by atoms with van der Waals surface area (Å²) < 4.78 is 4.91. The number of aromatic nitrogens is 1. The third-order valence-corrected chi connectivity index (χ3v) is 4.45. The lowest BCUT2D eigenvalue weighted by atomic mass is 10.3. The van der Waals surface area contributed by atoms with Crippen LogP contribution >= 0.6 is 34.5 Å². The zero-order valence-electron chi connectivity index (χ0n) is 11.5. The first-order chi connectivity index (χ1) is 10.5. The van der Waals surface area contributed by atoms with Crippen LogP contribution in [0.4, 0.5) is 0 Å². The van der Waals surface area contributed by atoms with Crippen LogP contribution in [-0.4, -0.2) is 23.5 Å². The average Bonchev–Trinajstić information content (AvgIpc) is 3.02. The molecule has 2 aromatic rings. The summed E-state index contributed by atoms with van der Waals surface area (Å²) in [6, 6.07) is 5.02. The van der Waals surface area contributed by atoms with Gasteiger partial charge < -0.3 is 10.1 Å². The number of nitrogens with one attached hydrogen (secondary N) is 1. The fraction of sp³-hybridized carbons (Fsp3) is 0.214. The summed E-state index contributed by atoms with van der Waals surface area (Å²) in [6.45, 7) is 1.48. The van der Waals surface area contributed by atoms with E-state index in [4.69, 9.17) is 27.9 Å². The van der Waals surface area contributed by atoms with E-state index in [0.29, 0.717) is 0 Å².